The van der Waals surface area contributed by atoms with Gasteiger partial charge in [-0.15, -0.1) is 6.58 Å². The number of quaternary nitrogens is 1. The van der Waals surface area contributed by atoms with Gasteiger partial charge in [-0.2, -0.15) is 0 Å². The lowest BCUT2D eigenvalue weighted by Gasteiger charge is -2.49. The van der Waals surface area contributed by atoms with Crippen molar-refractivity contribution >= 4 is 49.6 Å². The van der Waals surface area contributed by atoms with Gasteiger partial charge in [0.05, 0.1) is 65.2 Å². The van der Waals surface area contributed by atoms with Crippen LogP contribution >= 0.6 is 7.82 Å². The first-order valence-corrected chi connectivity index (χ1v) is 34.8. The topological polar surface area (TPSA) is 275 Å². The van der Waals surface area contributed by atoms with Crippen LogP contribution in [0, 0.1) is 0 Å². The van der Waals surface area contributed by atoms with E-state index in [0.29, 0.717) is 6.42 Å². The van der Waals surface area contributed by atoms with Crippen molar-refractivity contribution in [2.45, 2.75) is 127 Å². The lowest BCUT2D eigenvalue weighted by atomic mass is 9.95. The van der Waals surface area contributed by atoms with Gasteiger partial charge in [0, 0.05) is 0 Å². The van der Waals surface area contributed by atoms with Crippen molar-refractivity contribution in [2.24, 2.45) is 0 Å². The van der Waals surface area contributed by atoms with E-state index in [1.165, 1.54) is 141 Å². The molecule has 1 unspecified atom stereocenters. The van der Waals surface area contributed by atoms with E-state index in [1.54, 1.807) is 95.9 Å². The predicted octanol–water partition coefficient (Wildman–Crippen LogP) is 11.0. The number of allylic oxidation sites excluding steroid dienone is 1. The molecule has 1 N–H and O–H groups in total. The highest BCUT2D eigenvalue weighted by Gasteiger charge is 2.59. The molecular weight excluding hydrogens is 1310 g/mol. The number of ether oxygens (including phenoxy) is 10. The van der Waals surface area contributed by atoms with Gasteiger partial charge in [0.2, 0.25) is 6.29 Å². The number of unbranched alkanes of at least 4 members (excludes halogenated alkanes) is 6. The van der Waals surface area contributed by atoms with Crippen LogP contribution in [-0.4, -0.2) is 143 Å². The summed E-state index contributed by atoms with van der Waals surface area (Å²) in [6.07, 6.45) is -13.4. The van der Waals surface area contributed by atoms with Crippen LogP contribution < -0.4 is 9.79 Å². The van der Waals surface area contributed by atoms with Gasteiger partial charge in [-0.3, -0.25) is 9.09 Å². The fourth-order valence-electron chi connectivity index (χ4n) is 10.8. The number of nitrogens with one attached hydrogen (secondary N) is 1. The molecule has 528 valence electrons. The zero-order valence-corrected chi connectivity index (χ0v) is 56.9. The number of phosphoric ester groups is 1. The Hall–Kier alpha value is -9.48. The van der Waals surface area contributed by atoms with E-state index < -0.39 is 124 Å². The number of hydrogen-bond acceptors (Lipinski definition) is 21. The molecule has 100 heavy (non-hydrogen) atoms. The minimum atomic E-state index is -5.54. The summed E-state index contributed by atoms with van der Waals surface area (Å²) in [6.45, 7) is 12.2. The third-order valence-electron chi connectivity index (χ3n) is 16.3. The van der Waals surface area contributed by atoms with Gasteiger partial charge < -0.3 is 61.7 Å². The summed E-state index contributed by atoms with van der Waals surface area (Å²) < 4.78 is 88.7. The Morgan fingerprint density at radius 1 is 0.400 bits per heavy atom. The molecule has 2 saturated heterocycles. The maximum absolute atomic E-state index is 14.8. The molecule has 22 nitrogen and oxygen atoms in total. The molecule has 0 aliphatic carbocycles. The van der Waals surface area contributed by atoms with Crippen LogP contribution in [0.1, 0.15) is 138 Å². The van der Waals surface area contributed by atoms with Gasteiger partial charge in [-0.05, 0) is 125 Å². The maximum Gasteiger partial charge on any atom is 0.338 e. The Kier molecular flexibility index (Phi) is 30.5. The fourth-order valence-corrected chi connectivity index (χ4v) is 11.7. The SMILES string of the molecule is C=CCCCCCCCCOP(=O)([O-])O[C@H]1O[C@H](COC(=O)c2ccccc2)[C@@H](O[C@@H]2O[C@H](COC(=O)c3ccccc3)[C@H](OC(=O)c3ccccc3)[C@H](OC(=O)c3ccccc3)[C@H]2OC(=O)c2ccccc2)[C@H](OC(=O)c2ccccc2)[C@@H]1OC(=O)c1ccccc1.CC[NH+](CC)CC. The van der Waals surface area contributed by atoms with E-state index >= 15 is 0 Å². The molecule has 11 atom stereocenters. The van der Waals surface area contributed by atoms with Gasteiger partial charge in [0.15, 0.2) is 36.8 Å². The Morgan fingerprint density at radius 2 is 0.690 bits per heavy atom. The average molecular weight is 1390 g/mol. The molecule has 2 heterocycles. The minimum absolute atomic E-state index is 0.00332. The van der Waals surface area contributed by atoms with Gasteiger partial charge in [0.1, 0.15) is 31.5 Å². The van der Waals surface area contributed by atoms with E-state index in [0.717, 1.165) is 32.1 Å². The van der Waals surface area contributed by atoms with Crippen molar-refractivity contribution in [1.82, 2.24) is 0 Å². The standard InChI is InChI=1S/C71H69O21P.C6H15N/c1-2-3-4-5-6-7-8-30-45-83-93(79,80)92-71-62(90-69(78)54-43-28-15-29-44-54)60(88-67(76)52-39-24-13-25-40-52)58(56(85-71)47-82-64(73)49-33-18-10-19-34-49)91-70-61(89-68(77)53-41-26-14-27-42-53)59(87-66(75)51-37-22-12-23-38-51)57(86-65(74)50-35-20-11-21-36-50)55(84-70)46-81-63(72)48-31-16-9-17-32-48;1-4-7(5-2)6-3/h2,9-29,31-44,55-62,70-71H,1,3-8,30,45-47H2,(H,79,80);4-6H2,1-3H3/t55-,56-,57+,58-,59+,60+,61-,62+,70+,71-;/m1./s1. The molecule has 7 aromatic carbocycles. The highest BCUT2D eigenvalue weighted by Crippen LogP contribution is 2.45. The van der Waals surface area contributed by atoms with Gasteiger partial charge >= 0.3 is 41.8 Å². The summed E-state index contributed by atoms with van der Waals surface area (Å²) in [5, 5.41) is 0. The highest BCUT2D eigenvalue weighted by molar-refractivity contribution is 7.45. The first-order valence-electron chi connectivity index (χ1n) is 33.4. The number of phosphoric acid groups is 1. The Labute approximate surface area is 581 Å². The number of carbonyl (C=O) groups is 7. The summed E-state index contributed by atoms with van der Waals surface area (Å²) in [7, 11) is -5.54. The van der Waals surface area contributed by atoms with Gasteiger partial charge in [-0.1, -0.05) is 159 Å². The van der Waals surface area contributed by atoms with Crippen LogP contribution in [0.15, 0.2) is 225 Å². The van der Waals surface area contributed by atoms with E-state index in [2.05, 4.69) is 27.4 Å². The van der Waals surface area contributed by atoms with Crippen molar-refractivity contribution in [1.29, 1.82) is 0 Å². The van der Waals surface area contributed by atoms with Crippen molar-refractivity contribution in [3.05, 3.63) is 264 Å². The molecule has 0 amide bonds. The van der Waals surface area contributed by atoms with Crippen LogP contribution in [0.5, 0.6) is 0 Å². The molecular formula is C77H84NO21P. The lowest BCUT2D eigenvalue weighted by Crippen LogP contribution is -3.11. The smallest absolute Gasteiger partial charge is 0.338 e. The van der Waals surface area contributed by atoms with Crippen LogP contribution in [0.3, 0.4) is 0 Å². The van der Waals surface area contributed by atoms with E-state index in [4.69, 9.17) is 56.4 Å². The molecule has 2 aliphatic rings. The molecule has 0 aromatic heterocycles. The van der Waals surface area contributed by atoms with Crippen molar-refractivity contribution in [3.8, 4) is 0 Å². The normalized spacial score (nSPS) is 20.7. The molecule has 9 rings (SSSR count). The lowest BCUT2D eigenvalue weighted by molar-refractivity contribution is -0.894. The first-order chi connectivity index (χ1) is 48.6. The van der Waals surface area contributed by atoms with Gasteiger partial charge in [-0.25, -0.2) is 33.6 Å². The van der Waals surface area contributed by atoms with E-state index in [1.807, 2.05) is 6.08 Å². The molecule has 0 spiro atoms. The summed E-state index contributed by atoms with van der Waals surface area (Å²) in [4.78, 5) is 117. The first kappa shape index (κ1) is 76.3. The van der Waals surface area contributed by atoms with Gasteiger partial charge in [0.25, 0.3) is 7.82 Å². The van der Waals surface area contributed by atoms with Crippen LogP contribution in [0.4, 0.5) is 0 Å². The zero-order valence-electron chi connectivity index (χ0n) is 56.0. The molecule has 2 aliphatic heterocycles. The number of esters is 7. The summed E-state index contributed by atoms with van der Waals surface area (Å²) in [5.74, 6) is -7.22. The van der Waals surface area contributed by atoms with E-state index in [-0.39, 0.29) is 52.0 Å². The molecule has 0 bridgehead atoms. The fraction of sp³-hybridized carbons (Fsp3) is 0.338. The molecule has 2 fully saturated rings. The second-order valence-corrected chi connectivity index (χ2v) is 24.6. The number of hydrogen-bond donors (Lipinski definition) is 1. The largest absolute Gasteiger partial charge is 0.756 e. The predicted molar refractivity (Wildman–Crippen MR) is 364 cm³/mol. The average Bonchev–Trinajstić information content (AvgIpc) is 0.761. The summed E-state index contributed by atoms with van der Waals surface area (Å²) in [6, 6.07) is 53.2. The summed E-state index contributed by atoms with van der Waals surface area (Å²) >= 11 is 0. The third kappa shape index (κ3) is 23.0. The molecule has 23 heteroatoms. The Balaban J connectivity index is 0.00000172. The molecule has 7 aromatic rings. The molecule has 0 radical (unpaired) electrons. The van der Waals surface area contributed by atoms with Crippen LogP contribution in [0.2, 0.25) is 0 Å². The Bertz CT molecular complexity index is 3720. The number of benzene rings is 7. The van der Waals surface area contributed by atoms with E-state index in [9.17, 15) is 43.0 Å². The second-order valence-electron chi connectivity index (χ2n) is 23.2. The summed E-state index contributed by atoms with van der Waals surface area (Å²) in [5.41, 5.74) is -0.122. The quantitative estimate of drug-likeness (QED) is 0.0132. The monoisotopic (exact) mass is 1390 g/mol. The van der Waals surface area contributed by atoms with Crippen molar-refractivity contribution in [2.75, 3.05) is 39.5 Å². The second kappa shape index (κ2) is 39.9. The van der Waals surface area contributed by atoms with Crippen molar-refractivity contribution < 1.29 is 104 Å². The number of rotatable bonds is 33. The van der Waals surface area contributed by atoms with Crippen LogP contribution in [0.25, 0.3) is 0 Å². The zero-order chi connectivity index (χ0) is 71.1. The minimum Gasteiger partial charge on any atom is -0.756 e. The van der Waals surface area contributed by atoms with Crippen molar-refractivity contribution in [3.63, 3.8) is 0 Å². The third-order valence-corrected chi connectivity index (χ3v) is 17.3. The molecule has 0 saturated carbocycles. The maximum atomic E-state index is 14.8. The van der Waals surface area contributed by atoms with Crippen LogP contribution in [-0.2, 0) is 61.0 Å². The highest BCUT2D eigenvalue weighted by atomic mass is 31.2. The Morgan fingerprint density at radius 3 is 1.04 bits per heavy atom. The number of carbonyl (C=O) groups excluding carboxylic acids is 7.